The monoisotopic (exact) mass is 448 g/mol. The molecule has 182 valence electrons. The van der Waals surface area contributed by atoms with Gasteiger partial charge < -0.3 is 20.8 Å². The van der Waals surface area contributed by atoms with Gasteiger partial charge in [0, 0.05) is 41.3 Å². The molecule has 1 rings (SSSR count). The number of phenolic OH excluding ortho intramolecular Hbond substituents is 2. The summed E-state index contributed by atoms with van der Waals surface area (Å²) in [6.07, 6.45) is 4.77. The molecule has 0 saturated carbocycles. The van der Waals surface area contributed by atoms with Crippen molar-refractivity contribution in [3.63, 3.8) is 0 Å². The molecule has 0 fully saturated rings. The zero-order chi connectivity index (χ0) is 24.7. The number of hydrogen-bond acceptors (Lipinski definition) is 5. The van der Waals surface area contributed by atoms with Crippen LogP contribution in [0.3, 0.4) is 0 Å². The first-order valence-corrected chi connectivity index (χ1v) is 11.7. The van der Waals surface area contributed by atoms with Gasteiger partial charge in [-0.15, -0.1) is 0 Å². The van der Waals surface area contributed by atoms with E-state index in [0.29, 0.717) is 28.8 Å². The Kier molecular flexibility index (Phi) is 10.2. The van der Waals surface area contributed by atoms with E-state index in [1.807, 2.05) is 34.7 Å². The van der Waals surface area contributed by atoms with Gasteiger partial charge in [0.2, 0.25) is 5.91 Å². The van der Waals surface area contributed by atoms with E-state index >= 15 is 0 Å². The van der Waals surface area contributed by atoms with Crippen molar-refractivity contribution in [1.82, 2.24) is 10.6 Å². The summed E-state index contributed by atoms with van der Waals surface area (Å²) in [4.78, 5) is 24.4. The quantitative estimate of drug-likeness (QED) is 0.262. The normalized spacial score (nSPS) is 12.1. The second-order valence-corrected chi connectivity index (χ2v) is 10.4. The van der Waals surface area contributed by atoms with E-state index in [1.54, 1.807) is 13.8 Å². The second-order valence-electron chi connectivity index (χ2n) is 10.4. The van der Waals surface area contributed by atoms with Crippen LogP contribution in [-0.4, -0.2) is 42.0 Å². The number of rotatable bonds is 13. The molecule has 0 spiro atoms. The van der Waals surface area contributed by atoms with Crippen LogP contribution in [0.25, 0.3) is 0 Å². The fraction of sp³-hybridized carbons (Fsp3) is 0.692. The Morgan fingerprint density at radius 2 is 1.22 bits per heavy atom. The fourth-order valence-corrected chi connectivity index (χ4v) is 4.89. The van der Waals surface area contributed by atoms with Crippen molar-refractivity contribution in [2.45, 2.75) is 97.8 Å². The van der Waals surface area contributed by atoms with Crippen LogP contribution >= 0.6 is 0 Å². The number of benzene rings is 1. The minimum Gasteiger partial charge on any atom is -0.507 e. The van der Waals surface area contributed by atoms with E-state index in [1.165, 1.54) is 6.92 Å². The molecule has 32 heavy (non-hydrogen) atoms. The van der Waals surface area contributed by atoms with Crippen molar-refractivity contribution in [2.24, 2.45) is 0 Å². The van der Waals surface area contributed by atoms with Gasteiger partial charge in [0.05, 0.1) is 0 Å². The summed E-state index contributed by atoms with van der Waals surface area (Å²) in [6.45, 7) is 14.3. The maximum atomic E-state index is 12.6. The van der Waals surface area contributed by atoms with Crippen LogP contribution in [0.4, 0.5) is 0 Å². The average molecular weight is 449 g/mol. The number of amides is 1. The van der Waals surface area contributed by atoms with E-state index in [2.05, 4.69) is 10.6 Å². The molecule has 0 saturated heterocycles. The van der Waals surface area contributed by atoms with Gasteiger partial charge in [-0.3, -0.25) is 9.59 Å². The number of unbranched alkanes of at least 4 members (excludes halogenated alkanes) is 3. The van der Waals surface area contributed by atoms with Crippen LogP contribution in [0.2, 0.25) is 0 Å². The number of hydrogen-bond donors (Lipinski definition) is 4. The van der Waals surface area contributed by atoms with Crippen LogP contribution in [-0.2, 0) is 20.4 Å². The summed E-state index contributed by atoms with van der Waals surface area (Å²) >= 11 is 0. The molecule has 0 aliphatic heterocycles. The van der Waals surface area contributed by atoms with Crippen LogP contribution < -0.4 is 10.6 Å². The van der Waals surface area contributed by atoms with Gasteiger partial charge in [0.25, 0.3) is 0 Å². The molecule has 0 atom stereocenters. The van der Waals surface area contributed by atoms with Gasteiger partial charge in [0.15, 0.2) is 0 Å². The van der Waals surface area contributed by atoms with Crippen LogP contribution in [0, 0.1) is 13.8 Å². The summed E-state index contributed by atoms with van der Waals surface area (Å²) in [7, 11) is 1.95. The molecular weight excluding hydrogens is 404 g/mol. The summed E-state index contributed by atoms with van der Waals surface area (Å²) in [5.74, 6) is 0.141. The topological polar surface area (TPSA) is 98.7 Å². The highest BCUT2D eigenvalue weighted by Crippen LogP contribution is 2.48. The minimum atomic E-state index is -0.670. The molecule has 4 N–H and O–H groups in total. The van der Waals surface area contributed by atoms with Crippen molar-refractivity contribution in [1.29, 1.82) is 0 Å². The first kappa shape index (κ1) is 28.0. The first-order chi connectivity index (χ1) is 14.8. The molecule has 0 heterocycles. The number of Topliss-reactive ketones (excluding diaryl/α,β-unsaturated/α-hetero) is 1. The molecule has 0 unspecified atom stereocenters. The number of ketones is 1. The summed E-state index contributed by atoms with van der Waals surface area (Å²) < 4.78 is 0. The Morgan fingerprint density at radius 3 is 1.66 bits per heavy atom. The van der Waals surface area contributed by atoms with E-state index in [4.69, 9.17) is 0 Å². The molecule has 0 bridgehead atoms. The lowest BCUT2D eigenvalue weighted by Gasteiger charge is -2.33. The lowest BCUT2D eigenvalue weighted by molar-refractivity contribution is -0.122. The Balaban J connectivity index is 3.01. The van der Waals surface area contributed by atoms with Gasteiger partial charge >= 0.3 is 0 Å². The number of carbonyl (C=O) groups is 2. The van der Waals surface area contributed by atoms with Crippen molar-refractivity contribution in [2.75, 3.05) is 20.1 Å². The largest absolute Gasteiger partial charge is 0.507 e. The predicted molar refractivity (Wildman–Crippen MR) is 131 cm³/mol. The lowest BCUT2D eigenvalue weighted by Crippen LogP contribution is -2.32. The SMILES string of the molecule is CNCCCCCCNC(=O)CC(C)(C)c1c(C)c(O)c(C(C)(C)CC(C)=O)c(C)c1O. The van der Waals surface area contributed by atoms with Crippen LogP contribution in [0.15, 0.2) is 0 Å². The van der Waals surface area contributed by atoms with E-state index in [0.717, 1.165) is 32.2 Å². The standard InChI is InChI=1S/C26H44N2O4/c1-17(29)15-25(4,5)21-18(2)24(32)22(19(3)23(21)31)26(6,7)16-20(30)28-14-12-10-9-11-13-27-8/h27,31-32H,9-16H2,1-8H3,(H,28,30). The third kappa shape index (κ3) is 7.22. The van der Waals surface area contributed by atoms with Gasteiger partial charge in [0.1, 0.15) is 17.3 Å². The average Bonchev–Trinajstić information content (AvgIpc) is 2.64. The van der Waals surface area contributed by atoms with Crippen LogP contribution in [0.5, 0.6) is 11.5 Å². The Labute approximate surface area is 194 Å². The first-order valence-electron chi connectivity index (χ1n) is 11.7. The number of carbonyl (C=O) groups excluding carboxylic acids is 2. The molecule has 1 aromatic carbocycles. The highest BCUT2D eigenvalue weighted by atomic mass is 16.3. The molecule has 1 aromatic rings. The van der Waals surface area contributed by atoms with Gasteiger partial charge in [-0.25, -0.2) is 0 Å². The lowest BCUT2D eigenvalue weighted by atomic mass is 9.71. The van der Waals surface area contributed by atoms with E-state index in [9.17, 15) is 19.8 Å². The number of phenols is 2. The molecule has 1 amide bonds. The van der Waals surface area contributed by atoms with Crippen molar-refractivity contribution in [3.05, 3.63) is 22.3 Å². The molecule has 6 nitrogen and oxygen atoms in total. The van der Waals surface area contributed by atoms with E-state index in [-0.39, 0.29) is 36.0 Å². The molecule has 0 aliphatic rings. The van der Waals surface area contributed by atoms with Crippen LogP contribution in [0.1, 0.15) is 95.4 Å². The zero-order valence-electron chi connectivity index (χ0n) is 21.4. The van der Waals surface area contributed by atoms with Crippen molar-refractivity contribution >= 4 is 11.7 Å². The van der Waals surface area contributed by atoms with Gasteiger partial charge in [-0.05, 0) is 58.3 Å². The predicted octanol–water partition coefficient (Wildman–Crippen LogP) is 4.54. The number of aromatic hydroxyl groups is 2. The van der Waals surface area contributed by atoms with E-state index < -0.39 is 10.8 Å². The number of nitrogens with one attached hydrogen (secondary N) is 2. The third-order valence-corrected chi connectivity index (χ3v) is 6.26. The smallest absolute Gasteiger partial charge is 0.220 e. The summed E-state index contributed by atoms with van der Waals surface area (Å²) in [5, 5.41) is 28.3. The molecule has 0 aromatic heterocycles. The third-order valence-electron chi connectivity index (χ3n) is 6.26. The molecule has 6 heteroatoms. The fourth-order valence-electron chi connectivity index (χ4n) is 4.89. The molecule has 0 radical (unpaired) electrons. The summed E-state index contributed by atoms with van der Waals surface area (Å²) in [5.41, 5.74) is 1.000. The highest BCUT2D eigenvalue weighted by Gasteiger charge is 2.36. The molecule has 0 aliphatic carbocycles. The van der Waals surface area contributed by atoms with Gasteiger partial charge in [-0.1, -0.05) is 40.5 Å². The minimum absolute atomic E-state index is 0.0223. The maximum Gasteiger partial charge on any atom is 0.220 e. The van der Waals surface area contributed by atoms with Gasteiger partial charge in [-0.2, -0.15) is 0 Å². The van der Waals surface area contributed by atoms with Crippen molar-refractivity contribution in [3.8, 4) is 11.5 Å². The zero-order valence-corrected chi connectivity index (χ0v) is 21.4. The van der Waals surface area contributed by atoms with Crippen molar-refractivity contribution < 1.29 is 19.8 Å². The Hall–Kier alpha value is -2.08. The Morgan fingerprint density at radius 1 is 0.781 bits per heavy atom. The molecular formula is C26H44N2O4. The second kappa shape index (κ2) is 11.7. The Bertz CT molecular complexity index is 784. The highest BCUT2D eigenvalue weighted by molar-refractivity contribution is 5.79. The maximum absolute atomic E-state index is 12.6. The summed E-state index contributed by atoms with van der Waals surface area (Å²) in [6, 6.07) is 0.